The Labute approximate surface area is 84.2 Å². The lowest BCUT2D eigenvalue weighted by atomic mass is 10.2. The van der Waals surface area contributed by atoms with Crippen LogP contribution in [0.5, 0.6) is 0 Å². The summed E-state index contributed by atoms with van der Waals surface area (Å²) in [4.78, 5) is 3.01. The van der Waals surface area contributed by atoms with Gasteiger partial charge in [-0.15, -0.1) is 0 Å². The molecule has 1 aromatic rings. The fourth-order valence-corrected chi connectivity index (χ4v) is 1.38. The maximum Gasteiger partial charge on any atom is 0.283 e. The van der Waals surface area contributed by atoms with E-state index in [1.165, 1.54) is 0 Å². The fraction of sp³-hybridized carbons (Fsp3) is 0.700. The molecule has 1 aromatic heterocycles. The van der Waals surface area contributed by atoms with Crippen molar-refractivity contribution < 1.29 is 14.8 Å². The van der Waals surface area contributed by atoms with Crippen molar-refractivity contribution >= 4 is 0 Å². The number of rotatable bonds is 5. The summed E-state index contributed by atoms with van der Waals surface area (Å²) in [6.07, 6.45) is 4.33. The Morgan fingerprint density at radius 2 is 2.21 bits per heavy atom. The van der Waals surface area contributed by atoms with E-state index in [1.807, 2.05) is 17.7 Å². The van der Waals surface area contributed by atoms with Crippen molar-refractivity contribution in [2.24, 2.45) is 0 Å². The van der Waals surface area contributed by atoms with Gasteiger partial charge in [-0.25, -0.2) is 9.55 Å². The van der Waals surface area contributed by atoms with E-state index in [0.29, 0.717) is 12.8 Å². The number of aromatic amines is 1. The second kappa shape index (κ2) is 5.12. The van der Waals surface area contributed by atoms with Crippen LogP contribution in [0.1, 0.15) is 38.6 Å². The van der Waals surface area contributed by atoms with Gasteiger partial charge in [-0.2, -0.15) is 0 Å². The van der Waals surface area contributed by atoms with Gasteiger partial charge in [0.15, 0.2) is 6.10 Å². The molecule has 2 atom stereocenters. The minimum Gasteiger partial charge on any atom is -0.393 e. The number of aromatic nitrogens is 2. The van der Waals surface area contributed by atoms with E-state index in [1.54, 1.807) is 13.1 Å². The highest BCUT2D eigenvalue weighted by atomic mass is 16.3. The largest absolute Gasteiger partial charge is 0.393 e. The molecule has 0 saturated heterocycles. The summed E-state index contributed by atoms with van der Waals surface area (Å²) in [7, 11) is 0. The first-order chi connectivity index (χ1) is 6.65. The number of hydrogen-bond donors (Lipinski definition) is 3. The van der Waals surface area contributed by atoms with Gasteiger partial charge in [-0.05, 0) is 13.3 Å². The third-order valence-electron chi connectivity index (χ3n) is 2.29. The summed E-state index contributed by atoms with van der Waals surface area (Å²) in [5, 5.41) is 18.8. The lowest BCUT2D eigenvalue weighted by molar-refractivity contribution is -0.707. The van der Waals surface area contributed by atoms with Crippen LogP contribution in [0.25, 0.3) is 0 Å². The molecule has 0 amide bonds. The smallest absolute Gasteiger partial charge is 0.283 e. The Balaban J connectivity index is 2.62. The molecule has 0 aliphatic carbocycles. The van der Waals surface area contributed by atoms with Crippen LogP contribution in [0.3, 0.4) is 0 Å². The lowest BCUT2D eigenvalue weighted by Gasteiger charge is -2.06. The molecular formula is C10H19N2O2+. The van der Waals surface area contributed by atoms with Crippen molar-refractivity contribution in [1.29, 1.82) is 0 Å². The van der Waals surface area contributed by atoms with Gasteiger partial charge < -0.3 is 10.2 Å². The van der Waals surface area contributed by atoms with Crippen molar-refractivity contribution in [2.75, 3.05) is 0 Å². The molecule has 4 nitrogen and oxygen atoms in total. The molecule has 1 rings (SSSR count). The average molecular weight is 199 g/mol. The summed E-state index contributed by atoms with van der Waals surface area (Å²) in [6.45, 7) is 4.43. The molecule has 0 radical (unpaired) electrons. The summed E-state index contributed by atoms with van der Waals surface area (Å²) in [6, 6.07) is 0. The molecule has 0 fully saturated rings. The summed E-state index contributed by atoms with van der Waals surface area (Å²) in [5.41, 5.74) is 0. The van der Waals surface area contributed by atoms with Crippen molar-refractivity contribution in [3.63, 3.8) is 0 Å². The molecule has 1 heterocycles. The van der Waals surface area contributed by atoms with Gasteiger partial charge in [0.1, 0.15) is 12.4 Å². The number of H-pyrrole nitrogens is 1. The topological polar surface area (TPSA) is 60.1 Å². The molecule has 14 heavy (non-hydrogen) atoms. The van der Waals surface area contributed by atoms with Crippen LogP contribution in [-0.2, 0) is 6.54 Å². The van der Waals surface area contributed by atoms with Gasteiger partial charge in [-0.1, -0.05) is 6.92 Å². The molecule has 3 N–H and O–H groups in total. The van der Waals surface area contributed by atoms with E-state index in [4.69, 9.17) is 5.11 Å². The van der Waals surface area contributed by atoms with Gasteiger partial charge in [0.2, 0.25) is 0 Å². The highest BCUT2D eigenvalue weighted by Crippen LogP contribution is 2.08. The molecular weight excluding hydrogens is 180 g/mol. The highest BCUT2D eigenvalue weighted by Gasteiger charge is 2.18. The second-order valence-electron chi connectivity index (χ2n) is 3.60. The van der Waals surface area contributed by atoms with Crippen molar-refractivity contribution in [1.82, 2.24) is 4.98 Å². The first-order valence-corrected chi connectivity index (χ1v) is 5.08. The standard InChI is InChI=1S/C10H18N2O2/c1-3-9(14)10-11-5-7-12(10)6-4-8(2)13/h5,7-9,13-14H,3-4,6H2,1-2H3/p+1. The van der Waals surface area contributed by atoms with Crippen molar-refractivity contribution in [3.05, 3.63) is 18.2 Å². The van der Waals surface area contributed by atoms with E-state index in [9.17, 15) is 5.11 Å². The molecule has 0 spiro atoms. The molecule has 4 heteroatoms. The van der Waals surface area contributed by atoms with E-state index in [2.05, 4.69) is 4.98 Å². The predicted molar refractivity (Wildman–Crippen MR) is 52.5 cm³/mol. The zero-order chi connectivity index (χ0) is 10.6. The van der Waals surface area contributed by atoms with Crippen molar-refractivity contribution in [3.8, 4) is 0 Å². The van der Waals surface area contributed by atoms with E-state index < -0.39 is 6.10 Å². The maximum atomic E-state index is 9.65. The van der Waals surface area contributed by atoms with Crippen LogP contribution in [0.4, 0.5) is 0 Å². The molecule has 0 aliphatic heterocycles. The number of aryl methyl sites for hydroxylation is 1. The zero-order valence-electron chi connectivity index (χ0n) is 8.77. The third kappa shape index (κ3) is 2.82. The Hall–Kier alpha value is -0.870. The number of nitrogens with zero attached hydrogens (tertiary/aromatic N) is 1. The molecule has 0 bridgehead atoms. The SMILES string of the molecule is CCC(O)c1[nH]cc[n+]1CCC(C)O. The minimum atomic E-state index is -0.445. The summed E-state index contributed by atoms with van der Waals surface area (Å²) >= 11 is 0. The Bertz CT molecular complexity index is 271. The Morgan fingerprint density at radius 3 is 2.79 bits per heavy atom. The number of imidazole rings is 1. The third-order valence-corrected chi connectivity index (χ3v) is 2.29. The number of nitrogens with one attached hydrogen (secondary N) is 1. The van der Waals surface area contributed by atoms with Crippen LogP contribution >= 0.6 is 0 Å². The Kier molecular flexibility index (Phi) is 4.10. The fourth-order valence-electron chi connectivity index (χ4n) is 1.38. The highest BCUT2D eigenvalue weighted by molar-refractivity contribution is 4.82. The van der Waals surface area contributed by atoms with Crippen LogP contribution in [0.15, 0.2) is 12.4 Å². The molecule has 0 aromatic carbocycles. The molecule has 0 saturated carbocycles. The van der Waals surface area contributed by atoms with Gasteiger partial charge in [0.25, 0.3) is 5.82 Å². The van der Waals surface area contributed by atoms with Gasteiger partial charge >= 0.3 is 0 Å². The first-order valence-electron chi connectivity index (χ1n) is 5.08. The summed E-state index contributed by atoms with van der Waals surface area (Å²) < 4.78 is 1.95. The quantitative estimate of drug-likeness (QED) is 0.605. The van der Waals surface area contributed by atoms with E-state index in [-0.39, 0.29) is 6.10 Å². The zero-order valence-corrected chi connectivity index (χ0v) is 8.77. The predicted octanol–water partition coefficient (Wildman–Crippen LogP) is 0.516. The number of aliphatic hydroxyl groups excluding tert-OH is 2. The minimum absolute atomic E-state index is 0.302. The van der Waals surface area contributed by atoms with E-state index >= 15 is 0 Å². The van der Waals surface area contributed by atoms with Gasteiger partial charge in [0.05, 0.1) is 12.6 Å². The van der Waals surface area contributed by atoms with Crippen LogP contribution in [-0.4, -0.2) is 21.3 Å². The van der Waals surface area contributed by atoms with Crippen LogP contribution in [0.2, 0.25) is 0 Å². The number of aliphatic hydroxyl groups is 2. The van der Waals surface area contributed by atoms with Crippen LogP contribution in [0, 0.1) is 0 Å². The second-order valence-corrected chi connectivity index (χ2v) is 3.60. The van der Waals surface area contributed by atoms with Crippen LogP contribution < -0.4 is 4.57 Å². The number of hydrogen-bond acceptors (Lipinski definition) is 2. The first kappa shape index (κ1) is 11.2. The van der Waals surface area contributed by atoms with Gasteiger partial charge in [0, 0.05) is 6.42 Å². The summed E-state index contributed by atoms with van der Waals surface area (Å²) in [5.74, 6) is 0.813. The van der Waals surface area contributed by atoms with Gasteiger partial charge in [-0.3, -0.25) is 0 Å². The molecule has 0 aliphatic rings. The maximum absolute atomic E-state index is 9.65. The normalized spacial score (nSPS) is 15.4. The van der Waals surface area contributed by atoms with Crippen molar-refractivity contribution in [2.45, 2.75) is 45.4 Å². The van der Waals surface area contributed by atoms with E-state index in [0.717, 1.165) is 12.4 Å². The molecule has 80 valence electrons. The average Bonchev–Trinajstić information content (AvgIpc) is 2.61. The molecule has 2 unspecified atom stereocenters. The monoisotopic (exact) mass is 199 g/mol. The lowest BCUT2D eigenvalue weighted by Crippen LogP contribution is -2.38. The Morgan fingerprint density at radius 1 is 1.50 bits per heavy atom.